The molecule has 33 heavy (non-hydrogen) atoms. The lowest BCUT2D eigenvalue weighted by atomic mass is 9.92. The predicted octanol–water partition coefficient (Wildman–Crippen LogP) is 3.53. The standard InChI is InChI=1S/C22H23F2N7O2/c23-22(24)11-9-17(10-12-22)27-20-29-19-15(5-4-8-18(33)25-14-32)13-26-31(19)21(30-20)28-16-6-2-1-3-7-16/h1-7,13-14,17H,8-12H2,(H,25,32,33)(H2,27,28,29,30)/b5-4-. The minimum absolute atomic E-state index is 0.0116. The molecule has 3 aromatic rings. The maximum absolute atomic E-state index is 13.5. The molecule has 1 aliphatic rings. The van der Waals surface area contributed by atoms with Crippen LogP contribution in [0.4, 0.5) is 26.4 Å². The van der Waals surface area contributed by atoms with Gasteiger partial charge in [0, 0.05) is 36.6 Å². The van der Waals surface area contributed by atoms with Gasteiger partial charge in [0.1, 0.15) is 0 Å². The summed E-state index contributed by atoms with van der Waals surface area (Å²) >= 11 is 0. The van der Waals surface area contributed by atoms with Crippen molar-refractivity contribution in [2.75, 3.05) is 10.6 Å². The molecule has 1 saturated carbocycles. The van der Waals surface area contributed by atoms with Crippen LogP contribution in [0.15, 0.2) is 42.6 Å². The van der Waals surface area contributed by atoms with Crippen LogP contribution >= 0.6 is 0 Å². The van der Waals surface area contributed by atoms with E-state index in [1.54, 1.807) is 18.3 Å². The molecule has 1 aromatic carbocycles. The van der Waals surface area contributed by atoms with E-state index >= 15 is 0 Å². The monoisotopic (exact) mass is 455 g/mol. The van der Waals surface area contributed by atoms with Gasteiger partial charge in [-0.05, 0) is 25.0 Å². The Balaban J connectivity index is 1.63. The van der Waals surface area contributed by atoms with E-state index in [4.69, 9.17) is 0 Å². The average molecular weight is 455 g/mol. The molecular weight excluding hydrogens is 432 g/mol. The highest BCUT2D eigenvalue weighted by Gasteiger charge is 2.35. The third-order valence-corrected chi connectivity index (χ3v) is 5.30. The maximum Gasteiger partial charge on any atom is 0.248 e. The summed E-state index contributed by atoms with van der Waals surface area (Å²) in [5.41, 5.74) is 1.89. The van der Waals surface area contributed by atoms with Crippen LogP contribution < -0.4 is 16.0 Å². The number of carbonyl (C=O) groups excluding carboxylic acids is 2. The number of anilines is 3. The van der Waals surface area contributed by atoms with E-state index in [0.29, 0.717) is 42.4 Å². The van der Waals surface area contributed by atoms with Crippen molar-refractivity contribution in [1.82, 2.24) is 24.9 Å². The van der Waals surface area contributed by atoms with E-state index in [1.807, 2.05) is 30.3 Å². The SMILES string of the molecule is O=CNC(=O)C/C=C\c1cnn2c(Nc3ccccc3)nc(NC3CCC(F)(F)CC3)nc12. The molecule has 0 spiro atoms. The number of fused-ring (bicyclic) bond motifs is 1. The third-order valence-electron chi connectivity index (χ3n) is 5.30. The van der Waals surface area contributed by atoms with E-state index in [-0.39, 0.29) is 25.3 Å². The molecule has 0 unspecified atom stereocenters. The molecule has 0 bridgehead atoms. The average Bonchev–Trinajstić information content (AvgIpc) is 3.19. The molecule has 11 heteroatoms. The maximum atomic E-state index is 13.5. The Morgan fingerprint density at radius 3 is 2.67 bits per heavy atom. The number of alkyl halides is 2. The number of benzene rings is 1. The van der Waals surface area contributed by atoms with Gasteiger partial charge < -0.3 is 10.6 Å². The molecule has 0 atom stereocenters. The number of hydrogen-bond donors (Lipinski definition) is 3. The fourth-order valence-corrected chi connectivity index (χ4v) is 3.59. The first-order valence-corrected chi connectivity index (χ1v) is 10.6. The Kier molecular flexibility index (Phi) is 6.57. The highest BCUT2D eigenvalue weighted by Crippen LogP contribution is 2.34. The van der Waals surface area contributed by atoms with Crippen molar-refractivity contribution >= 4 is 41.6 Å². The fourth-order valence-electron chi connectivity index (χ4n) is 3.59. The molecule has 9 nitrogen and oxygen atoms in total. The molecule has 0 radical (unpaired) electrons. The van der Waals surface area contributed by atoms with E-state index in [9.17, 15) is 18.4 Å². The van der Waals surface area contributed by atoms with Crippen LogP contribution in [0.3, 0.4) is 0 Å². The molecule has 1 fully saturated rings. The van der Waals surface area contributed by atoms with Crippen molar-refractivity contribution in [3.63, 3.8) is 0 Å². The van der Waals surface area contributed by atoms with Crippen LogP contribution in [0, 0.1) is 0 Å². The van der Waals surface area contributed by atoms with Crippen LogP contribution in [-0.4, -0.2) is 43.9 Å². The molecule has 172 valence electrons. The molecule has 1 aliphatic carbocycles. The topological polar surface area (TPSA) is 113 Å². The molecule has 2 amide bonds. The van der Waals surface area contributed by atoms with Crippen molar-refractivity contribution < 1.29 is 18.4 Å². The summed E-state index contributed by atoms with van der Waals surface area (Å²) in [5.74, 6) is -2.36. The lowest BCUT2D eigenvalue weighted by molar-refractivity contribution is -0.124. The van der Waals surface area contributed by atoms with Crippen LogP contribution in [0.5, 0.6) is 0 Å². The highest BCUT2D eigenvalue weighted by molar-refractivity contribution is 5.87. The molecule has 4 rings (SSSR count). The largest absolute Gasteiger partial charge is 0.351 e. The van der Waals surface area contributed by atoms with Gasteiger partial charge in [-0.15, -0.1) is 0 Å². The second-order valence-electron chi connectivity index (χ2n) is 7.76. The van der Waals surface area contributed by atoms with Crippen molar-refractivity contribution in [1.29, 1.82) is 0 Å². The summed E-state index contributed by atoms with van der Waals surface area (Å²) in [6, 6.07) is 9.24. The first-order chi connectivity index (χ1) is 15.9. The molecular formula is C22H23F2N7O2. The third kappa shape index (κ3) is 5.68. The number of nitrogens with one attached hydrogen (secondary N) is 3. The molecule has 0 saturated heterocycles. The lowest BCUT2D eigenvalue weighted by Crippen LogP contribution is -2.32. The van der Waals surface area contributed by atoms with Crippen LogP contribution in [0.25, 0.3) is 11.7 Å². The summed E-state index contributed by atoms with van der Waals surface area (Å²) in [7, 11) is 0. The van der Waals surface area contributed by atoms with Crippen molar-refractivity contribution in [2.45, 2.75) is 44.1 Å². The minimum Gasteiger partial charge on any atom is -0.351 e. The molecule has 2 aromatic heterocycles. The Labute approximate surface area is 188 Å². The van der Waals surface area contributed by atoms with Gasteiger partial charge in [0.25, 0.3) is 0 Å². The fraction of sp³-hybridized carbons (Fsp3) is 0.318. The van der Waals surface area contributed by atoms with Gasteiger partial charge in [-0.2, -0.15) is 19.6 Å². The Morgan fingerprint density at radius 1 is 1.18 bits per heavy atom. The number of para-hydroxylation sites is 1. The number of imide groups is 1. The first-order valence-electron chi connectivity index (χ1n) is 10.6. The summed E-state index contributed by atoms with van der Waals surface area (Å²) in [6.45, 7) is 0. The van der Waals surface area contributed by atoms with Crippen molar-refractivity contribution in [3.8, 4) is 0 Å². The van der Waals surface area contributed by atoms with Gasteiger partial charge in [-0.3, -0.25) is 14.9 Å². The minimum atomic E-state index is -2.62. The number of nitrogens with zero attached hydrogens (tertiary/aromatic N) is 4. The Bertz CT molecular complexity index is 1150. The summed E-state index contributed by atoms with van der Waals surface area (Å²) in [6.07, 6.45) is 5.49. The second-order valence-corrected chi connectivity index (χ2v) is 7.76. The number of amides is 2. The zero-order chi connectivity index (χ0) is 23.3. The van der Waals surface area contributed by atoms with Gasteiger partial charge in [0.2, 0.25) is 30.1 Å². The van der Waals surface area contributed by atoms with Crippen molar-refractivity contribution in [2.24, 2.45) is 0 Å². The Morgan fingerprint density at radius 2 is 1.94 bits per heavy atom. The van der Waals surface area contributed by atoms with Crippen LogP contribution in [0.2, 0.25) is 0 Å². The Hall–Kier alpha value is -3.89. The second kappa shape index (κ2) is 9.72. The quantitative estimate of drug-likeness (QED) is 0.445. The summed E-state index contributed by atoms with van der Waals surface area (Å²) in [5, 5.41) is 12.8. The molecule has 2 heterocycles. The van der Waals surface area contributed by atoms with E-state index < -0.39 is 11.8 Å². The van der Waals surface area contributed by atoms with Gasteiger partial charge in [0.05, 0.1) is 6.20 Å². The van der Waals surface area contributed by atoms with E-state index in [2.05, 4.69) is 31.0 Å². The normalized spacial score (nSPS) is 16.1. The zero-order valence-electron chi connectivity index (χ0n) is 17.7. The van der Waals surface area contributed by atoms with Crippen molar-refractivity contribution in [3.05, 3.63) is 48.2 Å². The van der Waals surface area contributed by atoms with Gasteiger partial charge in [-0.1, -0.05) is 30.4 Å². The van der Waals surface area contributed by atoms with Crippen LogP contribution in [-0.2, 0) is 9.59 Å². The number of aromatic nitrogens is 4. The van der Waals surface area contributed by atoms with Gasteiger partial charge in [-0.25, -0.2) is 8.78 Å². The number of rotatable bonds is 8. The summed E-state index contributed by atoms with van der Waals surface area (Å²) in [4.78, 5) is 30.9. The summed E-state index contributed by atoms with van der Waals surface area (Å²) < 4.78 is 28.6. The number of halogens is 2. The number of carbonyl (C=O) groups is 2. The first kappa shape index (κ1) is 22.3. The van der Waals surface area contributed by atoms with E-state index in [1.165, 1.54) is 4.52 Å². The number of hydrogen-bond acceptors (Lipinski definition) is 7. The van der Waals surface area contributed by atoms with Gasteiger partial charge >= 0.3 is 0 Å². The predicted molar refractivity (Wildman–Crippen MR) is 119 cm³/mol. The van der Waals surface area contributed by atoms with Crippen LogP contribution in [0.1, 0.15) is 37.7 Å². The molecule has 0 aliphatic heterocycles. The molecule has 3 N–H and O–H groups in total. The smallest absolute Gasteiger partial charge is 0.248 e. The van der Waals surface area contributed by atoms with Gasteiger partial charge in [0.15, 0.2) is 5.65 Å². The zero-order valence-corrected chi connectivity index (χ0v) is 17.7. The highest BCUT2D eigenvalue weighted by atomic mass is 19.3. The lowest BCUT2D eigenvalue weighted by Gasteiger charge is -2.28. The van der Waals surface area contributed by atoms with E-state index in [0.717, 1.165) is 5.69 Å².